The highest BCUT2D eigenvalue weighted by Gasteiger charge is 2.05. The van der Waals surface area contributed by atoms with Crippen molar-refractivity contribution in [2.24, 2.45) is 0 Å². The van der Waals surface area contributed by atoms with Crippen molar-refractivity contribution in [2.75, 3.05) is 11.9 Å². The molecule has 2 aromatic carbocycles. The normalized spacial score (nSPS) is 12.6. The highest BCUT2D eigenvalue weighted by atomic mass is 16.3. The molecule has 0 fully saturated rings. The first-order valence-corrected chi connectivity index (χ1v) is 5.34. The molecular formula is C13H15NO2. The zero-order chi connectivity index (χ0) is 11.4. The SMILES string of the molecule is OCCC(O)Nc1cccc2ccccc12. The van der Waals surface area contributed by atoms with Crippen molar-refractivity contribution in [1.82, 2.24) is 0 Å². The number of aliphatic hydroxyl groups is 2. The molecule has 3 heteroatoms. The van der Waals surface area contributed by atoms with E-state index in [2.05, 4.69) is 5.32 Å². The monoisotopic (exact) mass is 217 g/mol. The van der Waals surface area contributed by atoms with Crippen LogP contribution in [0, 0.1) is 0 Å². The summed E-state index contributed by atoms with van der Waals surface area (Å²) >= 11 is 0. The zero-order valence-corrected chi connectivity index (χ0v) is 8.93. The molecule has 0 heterocycles. The first-order chi connectivity index (χ1) is 7.81. The summed E-state index contributed by atoms with van der Waals surface area (Å²) in [6.07, 6.45) is -0.390. The molecule has 0 amide bonds. The Morgan fingerprint density at radius 1 is 1.06 bits per heavy atom. The summed E-state index contributed by atoms with van der Waals surface area (Å²) < 4.78 is 0. The third-order valence-electron chi connectivity index (χ3n) is 2.51. The second-order valence-corrected chi connectivity index (χ2v) is 3.70. The van der Waals surface area contributed by atoms with Crippen molar-refractivity contribution < 1.29 is 10.2 Å². The number of aliphatic hydroxyl groups excluding tert-OH is 2. The maximum Gasteiger partial charge on any atom is 0.126 e. The van der Waals surface area contributed by atoms with Crippen LogP contribution in [0.25, 0.3) is 10.8 Å². The van der Waals surface area contributed by atoms with Crippen LogP contribution in [0.1, 0.15) is 6.42 Å². The molecule has 2 aromatic rings. The highest BCUT2D eigenvalue weighted by Crippen LogP contribution is 2.23. The van der Waals surface area contributed by atoms with Gasteiger partial charge >= 0.3 is 0 Å². The van der Waals surface area contributed by atoms with Crippen LogP contribution in [0.5, 0.6) is 0 Å². The molecule has 3 nitrogen and oxygen atoms in total. The summed E-state index contributed by atoms with van der Waals surface area (Å²) in [6.45, 7) is -0.0288. The van der Waals surface area contributed by atoms with E-state index in [0.29, 0.717) is 6.42 Å². The van der Waals surface area contributed by atoms with Gasteiger partial charge in [0.2, 0.25) is 0 Å². The van der Waals surface area contributed by atoms with E-state index in [4.69, 9.17) is 5.11 Å². The Morgan fingerprint density at radius 3 is 2.62 bits per heavy atom. The van der Waals surface area contributed by atoms with Gasteiger partial charge < -0.3 is 15.5 Å². The van der Waals surface area contributed by atoms with Crippen molar-refractivity contribution >= 4 is 16.5 Å². The van der Waals surface area contributed by atoms with E-state index in [9.17, 15) is 5.11 Å². The Kier molecular flexibility index (Phi) is 3.39. The summed E-state index contributed by atoms with van der Waals surface area (Å²) in [7, 11) is 0. The fourth-order valence-electron chi connectivity index (χ4n) is 1.73. The average Bonchev–Trinajstić information content (AvgIpc) is 2.30. The van der Waals surface area contributed by atoms with E-state index in [1.165, 1.54) is 0 Å². The third kappa shape index (κ3) is 2.32. The van der Waals surface area contributed by atoms with E-state index in [1.54, 1.807) is 0 Å². The fourth-order valence-corrected chi connectivity index (χ4v) is 1.73. The predicted molar refractivity (Wildman–Crippen MR) is 65.3 cm³/mol. The van der Waals surface area contributed by atoms with Crippen molar-refractivity contribution in [3.8, 4) is 0 Å². The molecular weight excluding hydrogens is 202 g/mol. The number of nitrogens with one attached hydrogen (secondary N) is 1. The lowest BCUT2D eigenvalue weighted by atomic mass is 10.1. The van der Waals surface area contributed by atoms with Crippen LogP contribution in [-0.4, -0.2) is 23.0 Å². The Balaban J connectivity index is 2.30. The van der Waals surface area contributed by atoms with E-state index in [1.807, 2.05) is 42.5 Å². The van der Waals surface area contributed by atoms with Gasteiger partial charge in [-0.1, -0.05) is 36.4 Å². The van der Waals surface area contributed by atoms with Crippen LogP contribution in [0.15, 0.2) is 42.5 Å². The molecule has 0 spiro atoms. The van der Waals surface area contributed by atoms with E-state index in [0.717, 1.165) is 16.5 Å². The number of hydrogen-bond acceptors (Lipinski definition) is 3. The molecule has 0 saturated carbocycles. The van der Waals surface area contributed by atoms with E-state index < -0.39 is 6.23 Å². The Bertz CT molecular complexity index is 465. The zero-order valence-electron chi connectivity index (χ0n) is 8.93. The van der Waals surface area contributed by atoms with Gasteiger partial charge in [0.05, 0.1) is 0 Å². The van der Waals surface area contributed by atoms with Gasteiger partial charge in [-0.25, -0.2) is 0 Å². The first-order valence-electron chi connectivity index (χ1n) is 5.34. The Hall–Kier alpha value is -1.58. The van der Waals surface area contributed by atoms with Gasteiger partial charge in [-0.2, -0.15) is 0 Å². The lowest BCUT2D eigenvalue weighted by molar-refractivity contribution is 0.155. The Morgan fingerprint density at radius 2 is 1.81 bits per heavy atom. The molecule has 0 bridgehead atoms. The minimum Gasteiger partial charge on any atom is -0.396 e. The molecule has 1 unspecified atom stereocenters. The summed E-state index contributed by atoms with van der Waals surface area (Å²) in [5.74, 6) is 0. The lowest BCUT2D eigenvalue weighted by Crippen LogP contribution is -2.19. The standard InChI is InChI=1S/C13H15NO2/c15-9-8-13(16)14-12-7-3-5-10-4-1-2-6-11(10)12/h1-7,13-16H,8-9H2. The summed E-state index contributed by atoms with van der Waals surface area (Å²) in [5, 5.41) is 23.5. The molecule has 0 aliphatic heterocycles. The molecule has 16 heavy (non-hydrogen) atoms. The van der Waals surface area contributed by atoms with Crippen molar-refractivity contribution in [2.45, 2.75) is 12.6 Å². The second-order valence-electron chi connectivity index (χ2n) is 3.70. The summed E-state index contributed by atoms with van der Waals surface area (Å²) in [4.78, 5) is 0. The first kappa shape index (κ1) is 10.9. The van der Waals surface area contributed by atoms with Gasteiger partial charge in [-0.3, -0.25) is 0 Å². The number of fused-ring (bicyclic) bond motifs is 1. The maximum atomic E-state index is 9.59. The number of benzene rings is 2. The molecule has 0 radical (unpaired) electrons. The van der Waals surface area contributed by atoms with Gasteiger partial charge in [0.15, 0.2) is 0 Å². The maximum absolute atomic E-state index is 9.59. The summed E-state index contributed by atoms with van der Waals surface area (Å²) in [5.41, 5.74) is 0.888. The van der Waals surface area contributed by atoms with Crippen molar-refractivity contribution in [3.05, 3.63) is 42.5 Å². The summed E-state index contributed by atoms with van der Waals surface area (Å²) in [6, 6.07) is 13.9. The molecule has 3 N–H and O–H groups in total. The topological polar surface area (TPSA) is 52.5 Å². The van der Waals surface area contributed by atoms with Crippen LogP contribution in [0.3, 0.4) is 0 Å². The molecule has 84 valence electrons. The van der Waals surface area contributed by atoms with E-state index in [-0.39, 0.29) is 6.61 Å². The molecule has 0 aliphatic rings. The average molecular weight is 217 g/mol. The van der Waals surface area contributed by atoms with Gasteiger partial charge in [-0.15, -0.1) is 0 Å². The van der Waals surface area contributed by atoms with Gasteiger partial charge in [0.25, 0.3) is 0 Å². The molecule has 2 rings (SSSR count). The quantitative estimate of drug-likeness (QED) is 0.686. The number of rotatable bonds is 4. The van der Waals surface area contributed by atoms with Gasteiger partial charge in [0.1, 0.15) is 6.23 Å². The second kappa shape index (κ2) is 4.96. The molecule has 1 atom stereocenters. The van der Waals surface area contributed by atoms with E-state index >= 15 is 0 Å². The highest BCUT2D eigenvalue weighted by molar-refractivity contribution is 5.93. The van der Waals surface area contributed by atoms with Crippen molar-refractivity contribution in [3.63, 3.8) is 0 Å². The predicted octanol–water partition coefficient (Wildman–Crippen LogP) is 1.95. The molecule has 0 saturated heterocycles. The smallest absolute Gasteiger partial charge is 0.126 e. The lowest BCUT2D eigenvalue weighted by Gasteiger charge is -2.14. The number of anilines is 1. The van der Waals surface area contributed by atoms with Crippen LogP contribution in [0.4, 0.5) is 5.69 Å². The van der Waals surface area contributed by atoms with Crippen LogP contribution in [0.2, 0.25) is 0 Å². The third-order valence-corrected chi connectivity index (χ3v) is 2.51. The van der Waals surface area contributed by atoms with Gasteiger partial charge in [-0.05, 0) is 11.5 Å². The molecule has 0 aliphatic carbocycles. The largest absolute Gasteiger partial charge is 0.396 e. The minimum atomic E-state index is -0.712. The fraction of sp³-hybridized carbons (Fsp3) is 0.231. The Labute approximate surface area is 94.3 Å². The number of hydrogen-bond donors (Lipinski definition) is 3. The van der Waals surface area contributed by atoms with Crippen LogP contribution >= 0.6 is 0 Å². The van der Waals surface area contributed by atoms with Crippen LogP contribution in [-0.2, 0) is 0 Å². The van der Waals surface area contributed by atoms with Crippen molar-refractivity contribution in [1.29, 1.82) is 0 Å². The van der Waals surface area contributed by atoms with Gasteiger partial charge in [0, 0.05) is 24.1 Å². The minimum absolute atomic E-state index is 0.0288. The molecule has 0 aromatic heterocycles. The van der Waals surface area contributed by atoms with Crippen LogP contribution < -0.4 is 5.32 Å².